The maximum Gasteiger partial charge on any atom is 0.169 e. The van der Waals surface area contributed by atoms with Crippen molar-refractivity contribution in [2.24, 2.45) is 0 Å². The number of nitriles is 1. The summed E-state index contributed by atoms with van der Waals surface area (Å²) in [7, 11) is 1.64. The van der Waals surface area contributed by atoms with E-state index < -0.39 is 5.82 Å². The SMILES string of the molecule is CN(CCC#N)c1c(N)cc(N)c(Cl)c1F. The Hall–Kier alpha value is -1.67. The van der Waals surface area contributed by atoms with Crippen molar-refractivity contribution in [3.05, 3.63) is 16.9 Å². The average Bonchev–Trinajstić information content (AvgIpc) is 2.23. The van der Waals surface area contributed by atoms with Crippen LogP contribution in [0.5, 0.6) is 0 Å². The summed E-state index contributed by atoms with van der Waals surface area (Å²) in [5.41, 5.74) is 11.6. The van der Waals surface area contributed by atoms with Gasteiger partial charge in [0.1, 0.15) is 5.02 Å². The van der Waals surface area contributed by atoms with E-state index in [1.165, 1.54) is 6.07 Å². The second kappa shape index (κ2) is 4.90. The molecule has 0 fully saturated rings. The first-order valence-electron chi connectivity index (χ1n) is 4.60. The van der Waals surface area contributed by atoms with Crippen molar-refractivity contribution in [3.63, 3.8) is 0 Å². The maximum atomic E-state index is 13.8. The number of nitrogen functional groups attached to an aromatic ring is 2. The fourth-order valence-corrected chi connectivity index (χ4v) is 1.52. The fourth-order valence-electron chi connectivity index (χ4n) is 1.37. The molecule has 0 spiro atoms. The van der Waals surface area contributed by atoms with Gasteiger partial charge in [-0.3, -0.25) is 0 Å². The van der Waals surface area contributed by atoms with Crippen molar-refractivity contribution in [1.29, 1.82) is 5.26 Å². The van der Waals surface area contributed by atoms with Crippen LogP contribution in [0.15, 0.2) is 6.07 Å². The molecule has 1 aromatic carbocycles. The molecule has 0 heterocycles. The molecule has 0 saturated heterocycles. The van der Waals surface area contributed by atoms with Gasteiger partial charge in [0.05, 0.1) is 29.6 Å². The molecule has 0 radical (unpaired) electrons. The van der Waals surface area contributed by atoms with Crippen molar-refractivity contribution >= 4 is 28.7 Å². The van der Waals surface area contributed by atoms with Crippen molar-refractivity contribution < 1.29 is 4.39 Å². The number of rotatable bonds is 3. The minimum Gasteiger partial charge on any atom is -0.397 e. The average molecular weight is 243 g/mol. The van der Waals surface area contributed by atoms with Gasteiger partial charge in [0.25, 0.3) is 0 Å². The molecular formula is C10H12ClFN4. The Morgan fingerprint density at radius 1 is 1.50 bits per heavy atom. The lowest BCUT2D eigenvalue weighted by atomic mass is 10.2. The first-order valence-corrected chi connectivity index (χ1v) is 4.97. The third kappa shape index (κ3) is 2.28. The van der Waals surface area contributed by atoms with Crippen LogP contribution in [0.3, 0.4) is 0 Å². The molecule has 1 aromatic rings. The minimum absolute atomic E-state index is 0.106. The van der Waals surface area contributed by atoms with Crippen LogP contribution in [0, 0.1) is 17.1 Å². The Kier molecular flexibility index (Phi) is 3.80. The lowest BCUT2D eigenvalue weighted by molar-refractivity contribution is 0.624. The van der Waals surface area contributed by atoms with E-state index in [0.717, 1.165) is 0 Å². The third-order valence-corrected chi connectivity index (χ3v) is 2.56. The van der Waals surface area contributed by atoms with E-state index in [9.17, 15) is 4.39 Å². The minimum atomic E-state index is -0.653. The van der Waals surface area contributed by atoms with Crippen molar-refractivity contribution in [2.75, 3.05) is 30.0 Å². The Morgan fingerprint density at radius 3 is 2.69 bits per heavy atom. The van der Waals surface area contributed by atoms with Gasteiger partial charge in [-0.1, -0.05) is 11.6 Å². The molecule has 0 atom stereocenters. The van der Waals surface area contributed by atoms with Gasteiger partial charge in [-0.25, -0.2) is 4.39 Å². The van der Waals surface area contributed by atoms with Crippen LogP contribution in [0.25, 0.3) is 0 Å². The monoisotopic (exact) mass is 242 g/mol. The number of benzene rings is 1. The molecule has 4 N–H and O–H groups in total. The summed E-state index contributed by atoms with van der Waals surface area (Å²) in [6.45, 7) is 0.373. The van der Waals surface area contributed by atoms with Crippen LogP contribution in [-0.4, -0.2) is 13.6 Å². The highest BCUT2D eigenvalue weighted by Crippen LogP contribution is 2.35. The molecule has 16 heavy (non-hydrogen) atoms. The van der Waals surface area contributed by atoms with Crippen molar-refractivity contribution in [1.82, 2.24) is 0 Å². The molecule has 0 unspecified atom stereocenters. The van der Waals surface area contributed by atoms with E-state index in [1.54, 1.807) is 11.9 Å². The summed E-state index contributed by atoms with van der Waals surface area (Å²) >= 11 is 5.69. The molecule has 1 rings (SSSR count). The number of anilines is 3. The topological polar surface area (TPSA) is 79.1 Å². The smallest absolute Gasteiger partial charge is 0.169 e. The fraction of sp³-hybridized carbons (Fsp3) is 0.300. The van der Waals surface area contributed by atoms with Gasteiger partial charge in [-0.05, 0) is 6.07 Å². The Balaban J connectivity index is 3.14. The van der Waals surface area contributed by atoms with Gasteiger partial charge in [-0.2, -0.15) is 5.26 Å². The van der Waals surface area contributed by atoms with E-state index in [1.807, 2.05) is 6.07 Å². The standard InChI is InChI=1S/C10H12ClFN4/c1-16(4-2-3-13)10-7(15)5-6(14)8(11)9(10)12/h5H,2,4,14-15H2,1H3. The molecular weight excluding hydrogens is 231 g/mol. The molecule has 0 aliphatic carbocycles. The maximum absolute atomic E-state index is 13.8. The van der Waals surface area contributed by atoms with Crippen LogP contribution in [0.4, 0.5) is 21.5 Å². The Morgan fingerprint density at radius 2 is 2.12 bits per heavy atom. The zero-order valence-corrected chi connectivity index (χ0v) is 9.55. The Labute approximate surface area is 98.2 Å². The van der Waals surface area contributed by atoms with Gasteiger partial charge in [0.15, 0.2) is 5.82 Å². The normalized spacial score (nSPS) is 9.88. The number of nitrogens with two attached hydrogens (primary N) is 2. The molecule has 0 aromatic heterocycles. The summed E-state index contributed by atoms with van der Waals surface area (Å²) in [5.74, 6) is -0.653. The van der Waals surface area contributed by atoms with Gasteiger partial charge in [-0.15, -0.1) is 0 Å². The van der Waals surface area contributed by atoms with Crippen LogP contribution in [0.1, 0.15) is 6.42 Å². The Bertz CT molecular complexity index is 441. The van der Waals surface area contributed by atoms with Gasteiger partial charge in [0, 0.05) is 13.6 Å². The van der Waals surface area contributed by atoms with Crippen LogP contribution >= 0.6 is 11.6 Å². The molecule has 0 aliphatic heterocycles. The zero-order valence-electron chi connectivity index (χ0n) is 8.80. The molecule has 86 valence electrons. The second-order valence-corrected chi connectivity index (χ2v) is 3.74. The molecule has 0 aliphatic rings. The summed E-state index contributed by atoms with van der Waals surface area (Å²) < 4.78 is 13.8. The lowest BCUT2D eigenvalue weighted by Crippen LogP contribution is -2.21. The third-order valence-electron chi connectivity index (χ3n) is 2.18. The largest absolute Gasteiger partial charge is 0.397 e. The second-order valence-electron chi connectivity index (χ2n) is 3.36. The van der Waals surface area contributed by atoms with Crippen LogP contribution in [0.2, 0.25) is 5.02 Å². The molecule has 6 heteroatoms. The summed E-state index contributed by atoms with van der Waals surface area (Å²) in [6, 6.07) is 3.38. The summed E-state index contributed by atoms with van der Waals surface area (Å²) in [5, 5.41) is 8.31. The lowest BCUT2D eigenvalue weighted by Gasteiger charge is -2.21. The first-order chi connectivity index (χ1) is 7.49. The highest BCUT2D eigenvalue weighted by molar-refractivity contribution is 6.33. The predicted octanol–water partition coefficient (Wildman–Crippen LogP) is 1.99. The van der Waals surface area contributed by atoms with Crippen molar-refractivity contribution in [3.8, 4) is 6.07 Å². The van der Waals surface area contributed by atoms with Crippen LogP contribution in [-0.2, 0) is 0 Å². The zero-order chi connectivity index (χ0) is 12.3. The summed E-state index contributed by atoms with van der Waals surface area (Å²) in [4.78, 5) is 1.54. The van der Waals surface area contributed by atoms with E-state index in [2.05, 4.69) is 0 Å². The van der Waals surface area contributed by atoms with E-state index >= 15 is 0 Å². The van der Waals surface area contributed by atoms with Gasteiger partial charge in [0.2, 0.25) is 0 Å². The number of hydrogen-bond donors (Lipinski definition) is 2. The highest BCUT2D eigenvalue weighted by Gasteiger charge is 2.17. The quantitative estimate of drug-likeness (QED) is 0.795. The predicted molar refractivity (Wildman–Crippen MR) is 63.7 cm³/mol. The van der Waals surface area contributed by atoms with Crippen molar-refractivity contribution in [2.45, 2.75) is 6.42 Å². The molecule has 0 amide bonds. The number of halogens is 2. The summed E-state index contributed by atoms with van der Waals surface area (Å²) in [6.07, 6.45) is 0.275. The molecule has 0 bridgehead atoms. The number of nitrogens with zero attached hydrogens (tertiary/aromatic N) is 2. The highest BCUT2D eigenvalue weighted by atomic mass is 35.5. The van der Waals surface area contributed by atoms with E-state index in [4.69, 9.17) is 28.3 Å². The van der Waals surface area contributed by atoms with E-state index in [0.29, 0.717) is 6.54 Å². The number of hydrogen-bond acceptors (Lipinski definition) is 4. The molecule has 4 nitrogen and oxygen atoms in total. The van der Waals surface area contributed by atoms with E-state index in [-0.39, 0.29) is 28.5 Å². The van der Waals surface area contributed by atoms with Gasteiger partial charge < -0.3 is 16.4 Å². The van der Waals surface area contributed by atoms with Crippen LogP contribution < -0.4 is 16.4 Å². The van der Waals surface area contributed by atoms with Gasteiger partial charge >= 0.3 is 0 Å². The first kappa shape index (κ1) is 12.4. The molecule has 0 saturated carbocycles.